The molecule has 0 bridgehead atoms. The second kappa shape index (κ2) is 6.35. The lowest BCUT2D eigenvalue weighted by molar-refractivity contribution is -0.0380. The average Bonchev–Trinajstić information content (AvgIpc) is 2.74. The lowest BCUT2D eigenvalue weighted by Crippen LogP contribution is -2.37. The molecule has 0 aliphatic rings. The second-order valence-corrected chi connectivity index (χ2v) is 5.31. The Morgan fingerprint density at radius 3 is 2.85 bits per heavy atom. The summed E-state index contributed by atoms with van der Waals surface area (Å²) in [4.78, 5) is 0. The highest BCUT2D eigenvalue weighted by atomic mass is 16.5. The fraction of sp³-hybridized carbons (Fsp3) is 0.533. The minimum atomic E-state index is -0.911. The normalized spacial score (nSPS) is 14.6. The van der Waals surface area contributed by atoms with Crippen molar-refractivity contribution in [3.8, 4) is 0 Å². The van der Waals surface area contributed by atoms with Gasteiger partial charge in [0.1, 0.15) is 0 Å². The van der Waals surface area contributed by atoms with Crippen LogP contribution in [-0.4, -0.2) is 40.7 Å². The first-order valence-corrected chi connectivity index (χ1v) is 6.91. The first-order valence-electron chi connectivity index (χ1n) is 6.91. The van der Waals surface area contributed by atoms with E-state index in [4.69, 9.17) is 10.5 Å². The van der Waals surface area contributed by atoms with Crippen LogP contribution in [0.5, 0.6) is 0 Å². The molecule has 1 unspecified atom stereocenters. The van der Waals surface area contributed by atoms with Crippen molar-refractivity contribution in [2.45, 2.75) is 24.9 Å². The maximum atomic E-state index is 10.7. The molecule has 20 heavy (non-hydrogen) atoms. The Hall–Kier alpha value is -1.43. The molecule has 1 atom stereocenters. The van der Waals surface area contributed by atoms with Gasteiger partial charge in [-0.2, -0.15) is 5.10 Å². The summed E-state index contributed by atoms with van der Waals surface area (Å²) in [5, 5.41) is 16.4. The summed E-state index contributed by atoms with van der Waals surface area (Å²) < 4.78 is 7.02. The molecule has 0 spiro atoms. The predicted molar refractivity (Wildman–Crippen MR) is 79.5 cm³/mol. The third kappa shape index (κ3) is 3.17. The summed E-state index contributed by atoms with van der Waals surface area (Å²) in [5.41, 5.74) is 6.61. The second-order valence-electron chi connectivity index (χ2n) is 5.31. The average molecular weight is 277 g/mol. The van der Waals surface area contributed by atoms with Crippen LogP contribution in [0, 0.1) is 0 Å². The zero-order valence-electron chi connectivity index (χ0n) is 12.2. The molecule has 0 fully saturated rings. The number of benzene rings is 1. The topological polar surface area (TPSA) is 73.3 Å². The molecule has 5 heteroatoms. The van der Waals surface area contributed by atoms with Gasteiger partial charge in [-0.1, -0.05) is 18.2 Å². The number of nitrogens with zero attached hydrogens (tertiary/aromatic N) is 2. The Morgan fingerprint density at radius 2 is 2.15 bits per heavy atom. The van der Waals surface area contributed by atoms with Crippen LogP contribution in [0.1, 0.15) is 18.5 Å². The van der Waals surface area contributed by atoms with Crippen LogP contribution in [-0.2, 0) is 18.2 Å². The molecule has 0 aliphatic heterocycles. The van der Waals surface area contributed by atoms with Gasteiger partial charge in [-0.15, -0.1) is 0 Å². The van der Waals surface area contributed by atoms with Gasteiger partial charge in [0.15, 0.2) is 0 Å². The quantitative estimate of drug-likeness (QED) is 0.798. The van der Waals surface area contributed by atoms with Gasteiger partial charge in [-0.25, -0.2) is 0 Å². The van der Waals surface area contributed by atoms with E-state index in [0.29, 0.717) is 19.4 Å². The van der Waals surface area contributed by atoms with Crippen LogP contribution in [0.2, 0.25) is 0 Å². The molecule has 0 aliphatic carbocycles. The van der Waals surface area contributed by atoms with E-state index in [1.165, 1.54) is 0 Å². The predicted octanol–water partition coefficient (Wildman–Crippen LogP) is 1.23. The number of hydrogen-bond donors (Lipinski definition) is 2. The van der Waals surface area contributed by atoms with Gasteiger partial charge in [-0.05, 0) is 25.5 Å². The number of aromatic nitrogens is 2. The van der Waals surface area contributed by atoms with Crippen molar-refractivity contribution in [3.05, 3.63) is 30.0 Å². The summed E-state index contributed by atoms with van der Waals surface area (Å²) in [5.74, 6) is 0. The van der Waals surface area contributed by atoms with Gasteiger partial charge in [0.2, 0.25) is 0 Å². The van der Waals surface area contributed by atoms with Crippen molar-refractivity contribution < 1.29 is 9.84 Å². The van der Waals surface area contributed by atoms with Crippen LogP contribution in [0.25, 0.3) is 10.9 Å². The standard InChI is InChI=1S/C15H23N3O2/c1-18-14-7-4-3-6-12(14)13(17-18)10-15(19,11-20-2)8-5-9-16/h3-4,6-7,19H,5,8-11,16H2,1-2H3. The summed E-state index contributed by atoms with van der Waals surface area (Å²) in [6.45, 7) is 0.854. The summed E-state index contributed by atoms with van der Waals surface area (Å²) in [7, 11) is 3.52. The van der Waals surface area contributed by atoms with Crippen LogP contribution < -0.4 is 5.73 Å². The third-order valence-electron chi connectivity index (χ3n) is 3.59. The van der Waals surface area contributed by atoms with Gasteiger partial charge in [0.05, 0.1) is 23.4 Å². The Morgan fingerprint density at radius 1 is 1.40 bits per heavy atom. The van der Waals surface area contributed by atoms with E-state index < -0.39 is 5.60 Å². The van der Waals surface area contributed by atoms with Crippen molar-refractivity contribution in [1.29, 1.82) is 0 Å². The van der Waals surface area contributed by atoms with Gasteiger partial charge in [0, 0.05) is 26.0 Å². The lowest BCUT2D eigenvalue weighted by Gasteiger charge is -2.26. The molecule has 110 valence electrons. The fourth-order valence-electron chi connectivity index (χ4n) is 2.64. The molecular weight excluding hydrogens is 254 g/mol. The fourth-order valence-corrected chi connectivity index (χ4v) is 2.64. The van der Waals surface area contributed by atoms with E-state index >= 15 is 0 Å². The van der Waals surface area contributed by atoms with Gasteiger partial charge >= 0.3 is 0 Å². The minimum absolute atomic E-state index is 0.290. The minimum Gasteiger partial charge on any atom is -0.387 e. The Bertz CT molecular complexity index is 567. The maximum Gasteiger partial charge on any atom is 0.0936 e. The molecule has 2 rings (SSSR count). The number of fused-ring (bicyclic) bond motifs is 1. The maximum absolute atomic E-state index is 10.7. The van der Waals surface area contributed by atoms with Gasteiger partial charge in [0.25, 0.3) is 0 Å². The van der Waals surface area contributed by atoms with Crippen molar-refractivity contribution in [3.63, 3.8) is 0 Å². The zero-order chi connectivity index (χ0) is 14.6. The highest BCUT2D eigenvalue weighted by molar-refractivity contribution is 5.81. The molecule has 0 amide bonds. The Labute approximate surface area is 119 Å². The van der Waals surface area contributed by atoms with Crippen LogP contribution in [0.3, 0.4) is 0 Å². The number of hydrogen-bond acceptors (Lipinski definition) is 4. The molecule has 5 nitrogen and oxygen atoms in total. The Kier molecular flexibility index (Phi) is 4.75. The summed E-state index contributed by atoms with van der Waals surface area (Å²) in [6.07, 6.45) is 1.86. The SMILES string of the molecule is COCC(O)(CCCN)Cc1nn(C)c2ccccc12. The number of aliphatic hydroxyl groups is 1. The van der Waals surface area contributed by atoms with E-state index in [9.17, 15) is 5.11 Å². The highest BCUT2D eigenvalue weighted by Crippen LogP contribution is 2.24. The van der Waals surface area contributed by atoms with Crippen molar-refractivity contribution in [1.82, 2.24) is 9.78 Å². The zero-order valence-corrected chi connectivity index (χ0v) is 12.2. The van der Waals surface area contributed by atoms with E-state index in [-0.39, 0.29) is 6.61 Å². The lowest BCUT2D eigenvalue weighted by atomic mass is 9.92. The Balaban J connectivity index is 2.28. The third-order valence-corrected chi connectivity index (χ3v) is 3.59. The molecule has 1 aromatic heterocycles. The molecule has 3 N–H and O–H groups in total. The molecule has 0 saturated carbocycles. The molecule has 0 saturated heterocycles. The smallest absolute Gasteiger partial charge is 0.0936 e. The van der Waals surface area contributed by atoms with Crippen molar-refractivity contribution in [2.24, 2.45) is 12.8 Å². The number of para-hydroxylation sites is 1. The highest BCUT2D eigenvalue weighted by Gasteiger charge is 2.29. The first kappa shape index (κ1) is 15.0. The summed E-state index contributed by atoms with van der Waals surface area (Å²) >= 11 is 0. The molecule has 1 heterocycles. The largest absolute Gasteiger partial charge is 0.387 e. The van der Waals surface area contributed by atoms with Gasteiger partial charge < -0.3 is 15.6 Å². The molecular formula is C15H23N3O2. The number of rotatable bonds is 7. The van der Waals surface area contributed by atoms with Crippen LogP contribution >= 0.6 is 0 Å². The van der Waals surface area contributed by atoms with Gasteiger partial charge in [-0.3, -0.25) is 4.68 Å². The van der Waals surface area contributed by atoms with Crippen molar-refractivity contribution >= 4 is 10.9 Å². The van der Waals surface area contributed by atoms with Crippen molar-refractivity contribution in [2.75, 3.05) is 20.3 Å². The van der Waals surface area contributed by atoms with E-state index in [1.807, 2.05) is 36.0 Å². The molecule has 0 radical (unpaired) electrons. The van der Waals surface area contributed by atoms with Crippen LogP contribution in [0.15, 0.2) is 24.3 Å². The number of ether oxygens (including phenoxy) is 1. The van der Waals surface area contributed by atoms with E-state index in [2.05, 4.69) is 5.10 Å². The molecule has 2 aromatic rings. The number of methoxy groups -OCH3 is 1. The number of nitrogens with two attached hydrogens (primary N) is 1. The first-order chi connectivity index (χ1) is 9.59. The van der Waals surface area contributed by atoms with Crippen LogP contribution in [0.4, 0.5) is 0 Å². The number of aryl methyl sites for hydroxylation is 1. The molecule has 1 aromatic carbocycles. The summed E-state index contributed by atoms with van der Waals surface area (Å²) in [6, 6.07) is 8.04. The van der Waals surface area contributed by atoms with E-state index in [0.717, 1.165) is 23.0 Å². The van der Waals surface area contributed by atoms with E-state index in [1.54, 1.807) is 7.11 Å². The monoisotopic (exact) mass is 277 g/mol.